The fourth-order valence-corrected chi connectivity index (χ4v) is 4.53. The lowest BCUT2D eigenvalue weighted by atomic mass is 9.91. The van der Waals surface area contributed by atoms with Crippen LogP contribution in [-0.4, -0.2) is 52.6 Å². The summed E-state index contributed by atoms with van der Waals surface area (Å²) in [6.07, 6.45) is 1.25. The molecule has 2 aromatic heterocycles. The minimum absolute atomic E-state index is 0.174. The normalized spacial score (nSPS) is 16.5. The standard InChI is InChI=1S/C23H28N4O2S/c1-25(2)19-7-5-18(6-8-19)16-26-13-11-23(29,12-14-26)17-27-22(28)10-9-20(24-27)21-4-3-15-30-21/h3-10,15,29H,11-14,16-17H2,1-2H3. The van der Waals surface area contributed by atoms with Gasteiger partial charge in [-0.3, -0.25) is 9.69 Å². The molecule has 1 saturated heterocycles. The first-order valence-electron chi connectivity index (χ1n) is 10.2. The van der Waals surface area contributed by atoms with E-state index in [4.69, 9.17) is 0 Å². The Morgan fingerprint density at radius 3 is 2.47 bits per heavy atom. The average Bonchev–Trinajstić information content (AvgIpc) is 3.27. The molecule has 1 fully saturated rings. The molecule has 0 aliphatic carbocycles. The van der Waals surface area contributed by atoms with Crippen molar-refractivity contribution in [2.75, 3.05) is 32.1 Å². The zero-order valence-electron chi connectivity index (χ0n) is 17.5. The Hall–Kier alpha value is -2.48. The Morgan fingerprint density at radius 2 is 1.83 bits per heavy atom. The number of thiophene rings is 1. The molecule has 0 spiro atoms. The van der Waals surface area contributed by atoms with E-state index in [1.165, 1.54) is 22.0 Å². The van der Waals surface area contributed by atoms with Gasteiger partial charge in [0.25, 0.3) is 5.56 Å². The van der Waals surface area contributed by atoms with Gasteiger partial charge in [0.05, 0.1) is 17.0 Å². The van der Waals surface area contributed by atoms with Crippen LogP contribution in [0.15, 0.2) is 58.7 Å². The molecule has 1 N–H and O–H groups in total. The van der Waals surface area contributed by atoms with Crippen LogP contribution >= 0.6 is 11.3 Å². The van der Waals surface area contributed by atoms with E-state index in [0.29, 0.717) is 12.8 Å². The Balaban J connectivity index is 1.38. The van der Waals surface area contributed by atoms with Gasteiger partial charge in [-0.25, -0.2) is 4.68 Å². The Labute approximate surface area is 181 Å². The summed E-state index contributed by atoms with van der Waals surface area (Å²) in [6.45, 7) is 2.70. The van der Waals surface area contributed by atoms with Gasteiger partial charge in [0, 0.05) is 45.5 Å². The van der Waals surface area contributed by atoms with Crippen molar-refractivity contribution < 1.29 is 5.11 Å². The summed E-state index contributed by atoms with van der Waals surface area (Å²) in [4.78, 5) is 17.8. The fourth-order valence-electron chi connectivity index (χ4n) is 3.84. The van der Waals surface area contributed by atoms with Crippen molar-refractivity contribution in [1.82, 2.24) is 14.7 Å². The highest BCUT2D eigenvalue weighted by Crippen LogP contribution is 2.26. The number of aliphatic hydroxyl groups is 1. The minimum Gasteiger partial charge on any atom is -0.388 e. The first-order valence-corrected chi connectivity index (χ1v) is 11.1. The number of anilines is 1. The third-order valence-electron chi connectivity index (χ3n) is 5.73. The smallest absolute Gasteiger partial charge is 0.266 e. The number of piperidine rings is 1. The SMILES string of the molecule is CN(C)c1ccc(CN2CCC(O)(Cn3nc(-c4cccs4)ccc3=O)CC2)cc1. The Kier molecular flexibility index (Phi) is 6.04. The van der Waals surface area contributed by atoms with Crippen molar-refractivity contribution in [2.24, 2.45) is 0 Å². The summed E-state index contributed by atoms with van der Waals surface area (Å²) < 4.78 is 1.42. The monoisotopic (exact) mass is 424 g/mol. The van der Waals surface area contributed by atoms with Crippen molar-refractivity contribution in [1.29, 1.82) is 0 Å². The molecule has 0 atom stereocenters. The van der Waals surface area contributed by atoms with E-state index < -0.39 is 5.60 Å². The molecule has 0 saturated carbocycles. The van der Waals surface area contributed by atoms with E-state index in [-0.39, 0.29) is 12.1 Å². The number of likely N-dealkylation sites (tertiary alicyclic amines) is 1. The third-order valence-corrected chi connectivity index (χ3v) is 6.62. The van der Waals surface area contributed by atoms with Gasteiger partial charge in [-0.2, -0.15) is 5.10 Å². The van der Waals surface area contributed by atoms with E-state index in [1.807, 2.05) is 31.6 Å². The highest BCUT2D eigenvalue weighted by Gasteiger charge is 2.33. The first kappa shape index (κ1) is 20.8. The summed E-state index contributed by atoms with van der Waals surface area (Å²) in [5, 5.41) is 17.6. The molecule has 1 aliphatic rings. The average molecular weight is 425 g/mol. The molecular weight excluding hydrogens is 396 g/mol. The van der Waals surface area contributed by atoms with Crippen LogP contribution in [0.2, 0.25) is 0 Å². The van der Waals surface area contributed by atoms with E-state index in [1.54, 1.807) is 17.4 Å². The number of benzene rings is 1. The number of nitrogens with zero attached hydrogens (tertiary/aromatic N) is 4. The Morgan fingerprint density at radius 1 is 1.10 bits per heavy atom. The van der Waals surface area contributed by atoms with Gasteiger partial charge in [-0.1, -0.05) is 18.2 Å². The van der Waals surface area contributed by atoms with Crippen molar-refractivity contribution >= 4 is 17.0 Å². The van der Waals surface area contributed by atoms with Crippen molar-refractivity contribution in [3.05, 3.63) is 69.8 Å². The quantitative estimate of drug-likeness (QED) is 0.659. The summed E-state index contributed by atoms with van der Waals surface area (Å²) in [5.41, 5.74) is 2.15. The van der Waals surface area contributed by atoms with Gasteiger partial charge >= 0.3 is 0 Å². The van der Waals surface area contributed by atoms with Crippen LogP contribution in [-0.2, 0) is 13.1 Å². The van der Waals surface area contributed by atoms with Crippen molar-refractivity contribution in [3.8, 4) is 10.6 Å². The largest absolute Gasteiger partial charge is 0.388 e. The zero-order valence-corrected chi connectivity index (χ0v) is 18.3. The van der Waals surface area contributed by atoms with Gasteiger partial charge in [0.15, 0.2) is 0 Å². The molecule has 1 aromatic carbocycles. The second kappa shape index (κ2) is 8.71. The minimum atomic E-state index is -0.907. The van der Waals surface area contributed by atoms with Gasteiger partial charge in [-0.05, 0) is 48.1 Å². The molecule has 4 rings (SSSR count). The van der Waals surface area contributed by atoms with Crippen LogP contribution in [0.25, 0.3) is 10.6 Å². The van der Waals surface area contributed by atoms with Crippen molar-refractivity contribution in [3.63, 3.8) is 0 Å². The predicted molar refractivity (Wildman–Crippen MR) is 122 cm³/mol. The van der Waals surface area contributed by atoms with Crippen LogP contribution in [0.1, 0.15) is 18.4 Å². The molecule has 158 valence electrons. The number of hydrogen-bond donors (Lipinski definition) is 1. The topological polar surface area (TPSA) is 61.6 Å². The lowest BCUT2D eigenvalue weighted by Gasteiger charge is -2.38. The molecule has 0 radical (unpaired) electrons. The first-order chi connectivity index (χ1) is 14.4. The summed E-state index contributed by atoms with van der Waals surface area (Å²) in [5.74, 6) is 0. The van der Waals surface area contributed by atoms with Crippen molar-refractivity contribution in [2.45, 2.75) is 31.5 Å². The molecule has 0 unspecified atom stereocenters. The van der Waals surface area contributed by atoms with Crippen LogP contribution in [0.4, 0.5) is 5.69 Å². The molecular formula is C23H28N4O2S. The predicted octanol–water partition coefficient (Wildman–Crippen LogP) is 3.06. The maximum absolute atomic E-state index is 12.3. The molecule has 7 heteroatoms. The second-order valence-corrected chi connectivity index (χ2v) is 9.20. The lowest BCUT2D eigenvalue weighted by Crippen LogP contribution is -2.48. The number of aromatic nitrogens is 2. The fraction of sp³-hybridized carbons (Fsp3) is 0.391. The highest BCUT2D eigenvalue weighted by atomic mass is 32.1. The van der Waals surface area contributed by atoms with E-state index >= 15 is 0 Å². The van der Waals surface area contributed by atoms with Gasteiger partial charge in [0.1, 0.15) is 5.69 Å². The highest BCUT2D eigenvalue weighted by molar-refractivity contribution is 7.13. The number of hydrogen-bond acceptors (Lipinski definition) is 6. The lowest BCUT2D eigenvalue weighted by molar-refractivity contribution is -0.0389. The van der Waals surface area contributed by atoms with Gasteiger partial charge in [0.2, 0.25) is 0 Å². The molecule has 1 aliphatic heterocycles. The van der Waals surface area contributed by atoms with Gasteiger partial charge < -0.3 is 10.0 Å². The molecule has 3 aromatic rings. The zero-order chi connectivity index (χ0) is 21.1. The molecule has 6 nitrogen and oxygen atoms in total. The van der Waals surface area contributed by atoms with E-state index in [9.17, 15) is 9.90 Å². The summed E-state index contributed by atoms with van der Waals surface area (Å²) in [7, 11) is 4.08. The second-order valence-electron chi connectivity index (χ2n) is 8.25. The van der Waals surface area contributed by atoms with Crippen LogP contribution in [0.5, 0.6) is 0 Å². The number of rotatable bonds is 6. The molecule has 3 heterocycles. The van der Waals surface area contributed by atoms with E-state index in [0.717, 1.165) is 30.2 Å². The third kappa shape index (κ3) is 4.80. The summed E-state index contributed by atoms with van der Waals surface area (Å²) >= 11 is 1.59. The molecule has 0 bridgehead atoms. The van der Waals surface area contributed by atoms with Gasteiger partial charge in [-0.15, -0.1) is 11.3 Å². The Bertz CT molecular complexity index is 1020. The maximum Gasteiger partial charge on any atom is 0.266 e. The van der Waals surface area contributed by atoms with Crippen LogP contribution < -0.4 is 10.5 Å². The molecule has 30 heavy (non-hydrogen) atoms. The van der Waals surface area contributed by atoms with Crippen LogP contribution in [0, 0.1) is 0 Å². The molecule has 0 amide bonds. The van der Waals surface area contributed by atoms with E-state index in [2.05, 4.69) is 39.2 Å². The van der Waals surface area contributed by atoms with Crippen LogP contribution in [0.3, 0.4) is 0 Å². The summed E-state index contributed by atoms with van der Waals surface area (Å²) in [6, 6.07) is 15.8. The maximum atomic E-state index is 12.3.